The van der Waals surface area contributed by atoms with E-state index in [1.807, 2.05) is 30.3 Å². The van der Waals surface area contributed by atoms with E-state index in [2.05, 4.69) is 10.00 Å². The molecule has 0 aliphatic carbocycles. The first-order chi connectivity index (χ1) is 11.7. The molecule has 0 radical (unpaired) electrons. The highest BCUT2D eigenvalue weighted by Crippen LogP contribution is 2.29. The summed E-state index contributed by atoms with van der Waals surface area (Å²) in [5.41, 5.74) is 7.80. The Labute approximate surface area is 141 Å². The van der Waals surface area contributed by atoms with Gasteiger partial charge in [-0.3, -0.25) is 4.79 Å². The predicted octanol–water partition coefficient (Wildman–Crippen LogP) is 1.53. The average molecular weight is 328 g/mol. The second-order valence-corrected chi connectivity index (χ2v) is 6.29. The van der Waals surface area contributed by atoms with E-state index in [1.54, 1.807) is 10.9 Å². The Morgan fingerprint density at radius 1 is 1.33 bits per heavy atom. The van der Waals surface area contributed by atoms with E-state index in [0.29, 0.717) is 5.56 Å². The van der Waals surface area contributed by atoms with Crippen molar-refractivity contribution in [1.29, 1.82) is 0 Å². The van der Waals surface area contributed by atoms with Crippen molar-refractivity contribution >= 4 is 5.91 Å². The van der Waals surface area contributed by atoms with Crippen LogP contribution in [0.15, 0.2) is 36.5 Å². The van der Waals surface area contributed by atoms with E-state index in [0.717, 1.165) is 50.3 Å². The number of amides is 1. The van der Waals surface area contributed by atoms with Crippen molar-refractivity contribution in [3.63, 3.8) is 0 Å². The molecule has 0 saturated carbocycles. The third-order valence-corrected chi connectivity index (χ3v) is 4.55. The summed E-state index contributed by atoms with van der Waals surface area (Å²) in [5, 5.41) is 13.7. The van der Waals surface area contributed by atoms with Crippen LogP contribution in [0.3, 0.4) is 0 Å². The molecule has 1 aromatic carbocycles. The van der Waals surface area contributed by atoms with E-state index in [-0.39, 0.29) is 12.5 Å². The lowest BCUT2D eigenvalue weighted by atomic mass is 9.92. The summed E-state index contributed by atoms with van der Waals surface area (Å²) in [4.78, 5) is 14.2. The van der Waals surface area contributed by atoms with E-state index >= 15 is 0 Å². The van der Waals surface area contributed by atoms with E-state index < -0.39 is 5.91 Å². The summed E-state index contributed by atoms with van der Waals surface area (Å²) in [6.07, 6.45) is 4.57. The van der Waals surface area contributed by atoms with Crippen LogP contribution in [-0.4, -0.2) is 51.9 Å². The molecule has 1 amide bonds. The summed E-state index contributed by atoms with van der Waals surface area (Å²) in [6.45, 7) is 2.96. The highest BCUT2D eigenvalue weighted by molar-refractivity contribution is 5.94. The van der Waals surface area contributed by atoms with Crippen LogP contribution in [0.4, 0.5) is 0 Å². The topological polar surface area (TPSA) is 84.4 Å². The molecule has 1 unspecified atom stereocenters. The van der Waals surface area contributed by atoms with Gasteiger partial charge in [0.2, 0.25) is 0 Å². The van der Waals surface area contributed by atoms with Gasteiger partial charge in [0, 0.05) is 31.8 Å². The van der Waals surface area contributed by atoms with E-state index in [1.165, 1.54) is 0 Å². The summed E-state index contributed by atoms with van der Waals surface area (Å²) >= 11 is 0. The second-order valence-electron chi connectivity index (χ2n) is 6.29. The quantitative estimate of drug-likeness (QED) is 0.842. The number of carbonyl (C=O) groups excluding carboxylic acids is 1. The van der Waals surface area contributed by atoms with Crippen molar-refractivity contribution in [3.05, 3.63) is 47.8 Å². The third kappa shape index (κ3) is 3.66. The van der Waals surface area contributed by atoms with Crippen molar-refractivity contribution in [2.24, 2.45) is 5.73 Å². The van der Waals surface area contributed by atoms with Gasteiger partial charge in [-0.05, 0) is 37.9 Å². The first-order valence-electron chi connectivity index (χ1n) is 8.47. The van der Waals surface area contributed by atoms with Crippen molar-refractivity contribution in [1.82, 2.24) is 14.7 Å². The third-order valence-electron chi connectivity index (χ3n) is 4.55. The molecular formula is C18H24N4O2. The number of hydrogen-bond acceptors (Lipinski definition) is 4. The minimum absolute atomic E-state index is 0.199. The van der Waals surface area contributed by atoms with Gasteiger partial charge in [-0.15, -0.1) is 0 Å². The van der Waals surface area contributed by atoms with Crippen LogP contribution in [0.1, 0.15) is 41.2 Å². The number of benzene rings is 1. The Balaban J connectivity index is 1.86. The number of hydrogen-bond donors (Lipinski definition) is 2. The van der Waals surface area contributed by atoms with Gasteiger partial charge in [0.05, 0.1) is 16.9 Å². The van der Waals surface area contributed by atoms with Gasteiger partial charge < -0.3 is 15.7 Å². The van der Waals surface area contributed by atoms with Crippen molar-refractivity contribution < 1.29 is 9.90 Å². The van der Waals surface area contributed by atoms with Gasteiger partial charge in [-0.1, -0.05) is 18.2 Å². The SMILES string of the molecule is NC(=O)c1cn(-c2ccccc2)nc1C1CCCN(CCCO)C1. The predicted molar refractivity (Wildman–Crippen MR) is 92.2 cm³/mol. The highest BCUT2D eigenvalue weighted by Gasteiger charge is 2.27. The molecule has 24 heavy (non-hydrogen) atoms. The molecule has 3 rings (SSSR count). The molecule has 0 spiro atoms. The number of carbonyl (C=O) groups is 1. The van der Waals surface area contributed by atoms with Crippen LogP contribution in [0.5, 0.6) is 0 Å². The lowest BCUT2D eigenvalue weighted by molar-refractivity contribution is 0.0997. The molecule has 128 valence electrons. The van der Waals surface area contributed by atoms with Crippen LogP contribution in [0, 0.1) is 0 Å². The molecular weight excluding hydrogens is 304 g/mol. The molecule has 2 aromatic rings. The smallest absolute Gasteiger partial charge is 0.252 e. The van der Waals surface area contributed by atoms with Gasteiger partial charge in [0.25, 0.3) is 5.91 Å². The number of nitrogens with zero attached hydrogens (tertiary/aromatic N) is 3. The molecule has 1 aliphatic heterocycles. The zero-order chi connectivity index (χ0) is 16.9. The fourth-order valence-electron chi connectivity index (χ4n) is 3.37. The zero-order valence-electron chi connectivity index (χ0n) is 13.8. The van der Waals surface area contributed by atoms with Crippen molar-refractivity contribution in [2.45, 2.75) is 25.2 Å². The molecule has 6 nitrogen and oxygen atoms in total. The molecule has 1 aromatic heterocycles. The number of aliphatic hydroxyl groups excluding tert-OH is 1. The van der Waals surface area contributed by atoms with Crippen LogP contribution >= 0.6 is 0 Å². The van der Waals surface area contributed by atoms with Gasteiger partial charge in [-0.25, -0.2) is 4.68 Å². The summed E-state index contributed by atoms with van der Waals surface area (Å²) in [5.74, 6) is -0.232. The normalized spacial score (nSPS) is 18.6. The van der Waals surface area contributed by atoms with Crippen LogP contribution in [-0.2, 0) is 0 Å². The number of para-hydroxylation sites is 1. The first-order valence-corrected chi connectivity index (χ1v) is 8.47. The highest BCUT2D eigenvalue weighted by atomic mass is 16.3. The van der Waals surface area contributed by atoms with Crippen LogP contribution in [0.2, 0.25) is 0 Å². The summed E-state index contributed by atoms with van der Waals surface area (Å²) < 4.78 is 1.74. The maximum absolute atomic E-state index is 11.9. The van der Waals surface area contributed by atoms with Gasteiger partial charge >= 0.3 is 0 Å². The monoisotopic (exact) mass is 328 g/mol. The maximum Gasteiger partial charge on any atom is 0.252 e. The molecule has 6 heteroatoms. The molecule has 3 N–H and O–H groups in total. The zero-order valence-corrected chi connectivity index (χ0v) is 13.8. The largest absolute Gasteiger partial charge is 0.396 e. The lowest BCUT2D eigenvalue weighted by Crippen LogP contribution is -2.36. The minimum Gasteiger partial charge on any atom is -0.396 e. The van der Waals surface area contributed by atoms with Crippen molar-refractivity contribution in [3.8, 4) is 5.69 Å². The standard InChI is InChI=1S/C18H24N4O2/c19-18(24)16-13-22(15-7-2-1-3-8-15)20-17(16)14-6-4-9-21(12-14)10-5-11-23/h1-3,7-8,13-14,23H,4-6,9-12H2,(H2,19,24). The Bertz CT molecular complexity index is 684. The molecule has 2 heterocycles. The van der Waals surface area contributed by atoms with Gasteiger partial charge in [0.15, 0.2) is 0 Å². The second kappa shape index (κ2) is 7.59. The fraction of sp³-hybridized carbons (Fsp3) is 0.444. The number of aliphatic hydroxyl groups is 1. The number of likely N-dealkylation sites (tertiary alicyclic amines) is 1. The Morgan fingerprint density at radius 2 is 2.12 bits per heavy atom. The molecule has 1 atom stereocenters. The molecule has 0 bridgehead atoms. The maximum atomic E-state index is 11.9. The minimum atomic E-state index is -0.431. The number of aromatic nitrogens is 2. The molecule has 1 saturated heterocycles. The lowest BCUT2D eigenvalue weighted by Gasteiger charge is -2.32. The summed E-state index contributed by atoms with van der Waals surface area (Å²) in [6, 6.07) is 9.74. The van der Waals surface area contributed by atoms with Gasteiger partial charge in [0.1, 0.15) is 0 Å². The average Bonchev–Trinajstić information content (AvgIpc) is 3.07. The Kier molecular flexibility index (Phi) is 5.27. The fourth-order valence-corrected chi connectivity index (χ4v) is 3.37. The first kappa shape index (κ1) is 16.7. The van der Waals surface area contributed by atoms with Crippen LogP contribution in [0.25, 0.3) is 5.69 Å². The molecule has 1 aliphatic rings. The van der Waals surface area contributed by atoms with Crippen LogP contribution < -0.4 is 5.73 Å². The number of nitrogens with two attached hydrogens (primary N) is 1. The summed E-state index contributed by atoms with van der Waals surface area (Å²) in [7, 11) is 0. The number of primary amides is 1. The molecule has 1 fully saturated rings. The van der Waals surface area contributed by atoms with Crippen molar-refractivity contribution in [2.75, 3.05) is 26.2 Å². The van der Waals surface area contributed by atoms with Gasteiger partial charge in [-0.2, -0.15) is 5.10 Å². The number of piperidine rings is 1. The number of rotatable bonds is 6. The Hall–Kier alpha value is -2.18. The Morgan fingerprint density at radius 3 is 2.83 bits per heavy atom. The van der Waals surface area contributed by atoms with E-state index in [4.69, 9.17) is 10.8 Å². The van der Waals surface area contributed by atoms with E-state index in [9.17, 15) is 4.79 Å².